The van der Waals surface area contributed by atoms with Crippen molar-refractivity contribution in [2.24, 2.45) is 11.8 Å². The van der Waals surface area contributed by atoms with Crippen LogP contribution in [-0.2, 0) is 10.0 Å². The highest BCUT2D eigenvalue weighted by atomic mass is 35.5. The van der Waals surface area contributed by atoms with Gasteiger partial charge in [0, 0.05) is 23.1 Å². The molecule has 0 radical (unpaired) electrons. The number of benzene rings is 1. The summed E-state index contributed by atoms with van der Waals surface area (Å²) >= 11 is 12.1. The first-order chi connectivity index (χ1) is 9.39. The van der Waals surface area contributed by atoms with Crippen LogP contribution in [0.25, 0.3) is 0 Å². The maximum atomic E-state index is 12.7. The molecule has 1 aromatic carbocycles. The maximum Gasteiger partial charge on any atom is 0.243 e. The Morgan fingerprint density at radius 3 is 2.15 bits per heavy atom. The molecule has 2 heterocycles. The minimum atomic E-state index is -3.51. The lowest BCUT2D eigenvalue weighted by Crippen LogP contribution is -2.32. The first kappa shape index (κ1) is 14.6. The van der Waals surface area contributed by atoms with Crippen molar-refractivity contribution >= 4 is 33.2 Å². The lowest BCUT2D eigenvalue weighted by molar-refractivity contribution is 0.448. The fraction of sp³-hybridized carbons (Fsp3) is 0.538. The van der Waals surface area contributed by atoms with Gasteiger partial charge >= 0.3 is 0 Å². The van der Waals surface area contributed by atoms with Crippen molar-refractivity contribution in [1.29, 1.82) is 0 Å². The smallest absolute Gasteiger partial charge is 0.243 e. The molecule has 0 bridgehead atoms. The molecule has 0 saturated carbocycles. The van der Waals surface area contributed by atoms with Gasteiger partial charge in [-0.1, -0.05) is 23.2 Å². The summed E-state index contributed by atoms with van der Waals surface area (Å²) in [5.74, 6) is 0.835. The first-order valence-electron chi connectivity index (χ1n) is 6.56. The van der Waals surface area contributed by atoms with Crippen molar-refractivity contribution in [2.45, 2.75) is 11.8 Å². The van der Waals surface area contributed by atoms with Gasteiger partial charge in [-0.25, -0.2) is 8.42 Å². The second-order valence-corrected chi connectivity index (χ2v) is 8.26. The van der Waals surface area contributed by atoms with Crippen molar-refractivity contribution in [1.82, 2.24) is 9.62 Å². The zero-order valence-corrected chi connectivity index (χ0v) is 13.4. The lowest BCUT2D eigenvalue weighted by Gasteiger charge is -2.18. The van der Waals surface area contributed by atoms with Gasteiger partial charge in [0.25, 0.3) is 0 Å². The molecular formula is C13H16Cl2N2O2S. The van der Waals surface area contributed by atoms with Crippen molar-refractivity contribution in [3.63, 3.8) is 0 Å². The standard InChI is InChI=1S/C13H16Cl2N2O2S/c1-8-12(14)2-11(3-13(8)15)20(18,19)17-6-9-4-16-5-10(9)7-17/h2-3,9-10,16H,4-7H2,1H3/t9-,10+. The Labute approximate surface area is 129 Å². The second kappa shape index (κ2) is 5.14. The van der Waals surface area contributed by atoms with Gasteiger partial charge < -0.3 is 5.32 Å². The summed E-state index contributed by atoms with van der Waals surface area (Å²) in [6, 6.07) is 2.98. The highest BCUT2D eigenvalue weighted by molar-refractivity contribution is 7.89. The monoisotopic (exact) mass is 334 g/mol. The van der Waals surface area contributed by atoms with Gasteiger partial charge in [-0.05, 0) is 49.5 Å². The number of nitrogens with one attached hydrogen (secondary N) is 1. The predicted octanol–water partition coefficient (Wildman–Crippen LogP) is 2.14. The minimum absolute atomic E-state index is 0.186. The molecule has 1 aromatic rings. The molecule has 20 heavy (non-hydrogen) atoms. The average molecular weight is 335 g/mol. The van der Waals surface area contributed by atoms with Gasteiger partial charge in [-0.2, -0.15) is 4.31 Å². The molecule has 2 fully saturated rings. The van der Waals surface area contributed by atoms with E-state index in [1.54, 1.807) is 11.2 Å². The molecule has 0 aromatic heterocycles. The molecule has 1 N–H and O–H groups in total. The fourth-order valence-electron chi connectivity index (χ4n) is 2.93. The highest BCUT2D eigenvalue weighted by Gasteiger charge is 2.41. The Hall–Kier alpha value is -0.330. The van der Waals surface area contributed by atoms with E-state index in [-0.39, 0.29) is 4.90 Å². The first-order valence-corrected chi connectivity index (χ1v) is 8.75. The molecule has 4 nitrogen and oxygen atoms in total. The summed E-state index contributed by atoms with van der Waals surface area (Å²) in [4.78, 5) is 0.186. The summed E-state index contributed by atoms with van der Waals surface area (Å²) in [5, 5.41) is 4.07. The SMILES string of the molecule is Cc1c(Cl)cc(S(=O)(=O)N2C[C@H]3CNC[C@H]3C2)cc1Cl. The Balaban J connectivity index is 1.93. The van der Waals surface area contributed by atoms with E-state index >= 15 is 0 Å². The number of hydrogen-bond acceptors (Lipinski definition) is 3. The quantitative estimate of drug-likeness (QED) is 0.901. The zero-order valence-electron chi connectivity index (χ0n) is 11.1. The van der Waals surface area contributed by atoms with E-state index in [0.29, 0.717) is 40.5 Å². The third kappa shape index (κ3) is 2.35. The van der Waals surface area contributed by atoms with Crippen molar-refractivity contribution in [3.8, 4) is 0 Å². The minimum Gasteiger partial charge on any atom is -0.316 e. The Morgan fingerprint density at radius 1 is 1.15 bits per heavy atom. The molecule has 0 spiro atoms. The zero-order chi connectivity index (χ0) is 14.5. The van der Waals surface area contributed by atoms with E-state index in [2.05, 4.69) is 5.32 Å². The second-order valence-electron chi connectivity index (χ2n) is 5.51. The van der Waals surface area contributed by atoms with E-state index in [9.17, 15) is 8.42 Å². The van der Waals surface area contributed by atoms with Crippen LogP contribution in [0.3, 0.4) is 0 Å². The van der Waals surface area contributed by atoms with Gasteiger partial charge in [-0.3, -0.25) is 0 Å². The fourth-order valence-corrected chi connectivity index (χ4v) is 5.15. The van der Waals surface area contributed by atoms with Crippen molar-refractivity contribution in [2.75, 3.05) is 26.2 Å². The van der Waals surface area contributed by atoms with Crippen LogP contribution in [0.1, 0.15) is 5.56 Å². The third-order valence-corrected chi connectivity index (χ3v) is 6.84. The molecule has 0 amide bonds. The third-order valence-electron chi connectivity index (χ3n) is 4.25. The molecule has 2 atom stereocenters. The molecular weight excluding hydrogens is 319 g/mol. The van der Waals surface area contributed by atoms with Crippen LogP contribution in [0.2, 0.25) is 10.0 Å². The largest absolute Gasteiger partial charge is 0.316 e. The summed E-state index contributed by atoms with van der Waals surface area (Å²) in [5.41, 5.74) is 0.703. The van der Waals surface area contributed by atoms with Crippen LogP contribution < -0.4 is 5.32 Å². The molecule has 110 valence electrons. The predicted molar refractivity (Wildman–Crippen MR) is 79.8 cm³/mol. The average Bonchev–Trinajstić information content (AvgIpc) is 2.95. The highest BCUT2D eigenvalue weighted by Crippen LogP contribution is 2.33. The van der Waals surface area contributed by atoms with Gasteiger partial charge in [-0.15, -0.1) is 0 Å². The van der Waals surface area contributed by atoms with Gasteiger partial charge in [0.2, 0.25) is 10.0 Å². The Morgan fingerprint density at radius 2 is 1.65 bits per heavy atom. The summed E-state index contributed by atoms with van der Waals surface area (Å²) in [6.45, 7) is 4.71. The van der Waals surface area contributed by atoms with Gasteiger partial charge in [0.05, 0.1) is 4.90 Å². The molecule has 2 saturated heterocycles. The van der Waals surface area contributed by atoms with E-state index in [1.807, 2.05) is 0 Å². The molecule has 7 heteroatoms. The maximum absolute atomic E-state index is 12.7. The van der Waals surface area contributed by atoms with Crippen LogP contribution in [0, 0.1) is 18.8 Å². The normalized spacial score (nSPS) is 26.9. The number of halogens is 2. The summed E-state index contributed by atoms with van der Waals surface area (Å²) in [6.07, 6.45) is 0. The molecule has 2 aliphatic rings. The number of hydrogen-bond donors (Lipinski definition) is 1. The van der Waals surface area contributed by atoms with Crippen molar-refractivity contribution < 1.29 is 8.42 Å². The number of fused-ring (bicyclic) bond motifs is 1. The van der Waals surface area contributed by atoms with E-state index in [4.69, 9.17) is 23.2 Å². The Kier molecular flexibility index (Phi) is 3.75. The molecule has 0 aliphatic carbocycles. The van der Waals surface area contributed by atoms with E-state index < -0.39 is 10.0 Å². The molecule has 2 aliphatic heterocycles. The topological polar surface area (TPSA) is 49.4 Å². The van der Waals surface area contributed by atoms with Gasteiger partial charge in [0.1, 0.15) is 0 Å². The van der Waals surface area contributed by atoms with Crippen molar-refractivity contribution in [3.05, 3.63) is 27.7 Å². The number of sulfonamides is 1. The Bertz CT molecular complexity index is 613. The number of nitrogens with zero attached hydrogens (tertiary/aromatic N) is 1. The van der Waals surface area contributed by atoms with Crippen LogP contribution >= 0.6 is 23.2 Å². The molecule has 3 rings (SSSR count). The van der Waals surface area contributed by atoms with Crippen LogP contribution in [-0.4, -0.2) is 38.9 Å². The molecule has 0 unspecified atom stereocenters. The summed E-state index contributed by atoms with van der Waals surface area (Å²) < 4.78 is 26.9. The van der Waals surface area contributed by atoms with Crippen LogP contribution in [0.15, 0.2) is 17.0 Å². The van der Waals surface area contributed by atoms with E-state index in [1.165, 1.54) is 12.1 Å². The van der Waals surface area contributed by atoms with Crippen LogP contribution in [0.5, 0.6) is 0 Å². The number of rotatable bonds is 2. The van der Waals surface area contributed by atoms with E-state index in [0.717, 1.165) is 13.1 Å². The lowest BCUT2D eigenvalue weighted by atomic mass is 10.0. The van der Waals surface area contributed by atoms with Crippen LogP contribution in [0.4, 0.5) is 0 Å². The van der Waals surface area contributed by atoms with Gasteiger partial charge in [0.15, 0.2) is 0 Å². The summed E-state index contributed by atoms with van der Waals surface area (Å²) in [7, 11) is -3.51.